The van der Waals surface area contributed by atoms with Crippen LogP contribution in [0.15, 0.2) is 60.7 Å². The standard InChI is InChI=1S/C27H38BP/c28-29(23-17-9-3-10-18-23,24-19-11-4-12-20-24)27-25(21-13-5-1-6-14-21)26(27)22-15-7-2-8-16-22/h1-2,5-8,13-16,23-27,29H,3-4,9-12,17-20,28H2. The van der Waals surface area contributed by atoms with E-state index in [2.05, 4.69) is 68.2 Å². The predicted octanol–water partition coefficient (Wildman–Crippen LogP) is 6.90. The molecule has 2 heteroatoms. The Balaban J connectivity index is 1.55. The Morgan fingerprint density at radius 1 is 0.552 bits per heavy atom. The number of hydrogen-bond acceptors (Lipinski definition) is 0. The Kier molecular flexibility index (Phi) is 5.88. The van der Waals surface area contributed by atoms with Gasteiger partial charge in [-0.15, -0.1) is 0 Å². The molecule has 0 saturated heterocycles. The van der Waals surface area contributed by atoms with E-state index in [1.165, 1.54) is 38.5 Å². The van der Waals surface area contributed by atoms with E-state index in [9.17, 15) is 0 Å². The molecule has 3 aliphatic rings. The SMILES string of the molecule is B[PH](C1CCCCC1)(C1CCCCC1)C1C(c2ccccc2)C1c1ccccc1. The first-order chi connectivity index (χ1) is 14.3. The van der Waals surface area contributed by atoms with Crippen LogP contribution in [-0.2, 0) is 0 Å². The molecule has 29 heavy (non-hydrogen) atoms. The van der Waals surface area contributed by atoms with Crippen LogP contribution in [0.25, 0.3) is 0 Å². The van der Waals surface area contributed by atoms with Crippen LogP contribution in [0.3, 0.4) is 0 Å². The van der Waals surface area contributed by atoms with Gasteiger partial charge in [0.1, 0.15) is 0 Å². The minimum atomic E-state index is -1.41. The van der Waals surface area contributed by atoms with Crippen molar-refractivity contribution >= 4 is 14.7 Å². The predicted molar refractivity (Wildman–Crippen MR) is 133 cm³/mol. The monoisotopic (exact) mass is 404 g/mol. The van der Waals surface area contributed by atoms with E-state index < -0.39 is 7.14 Å². The summed E-state index contributed by atoms with van der Waals surface area (Å²) in [5, 5.41) is 0. The Labute approximate surface area is 179 Å². The summed E-state index contributed by atoms with van der Waals surface area (Å²) in [7, 11) is 1.49. The third-order valence-electron chi connectivity index (χ3n) is 9.08. The van der Waals surface area contributed by atoms with Crippen molar-refractivity contribution in [1.29, 1.82) is 0 Å². The second kappa shape index (κ2) is 8.59. The van der Waals surface area contributed by atoms with Crippen LogP contribution in [0.4, 0.5) is 0 Å². The molecule has 5 rings (SSSR count). The molecular weight excluding hydrogens is 366 g/mol. The second-order valence-corrected chi connectivity index (χ2v) is 15.5. The molecule has 2 atom stereocenters. The van der Waals surface area contributed by atoms with Gasteiger partial charge >= 0.3 is 180 Å². The maximum atomic E-state index is 2.89. The molecule has 0 aliphatic heterocycles. The van der Waals surface area contributed by atoms with Crippen molar-refractivity contribution in [1.82, 2.24) is 0 Å². The zero-order chi connectivity index (χ0) is 19.7. The van der Waals surface area contributed by atoms with Crippen LogP contribution in [0.1, 0.15) is 87.2 Å². The van der Waals surface area contributed by atoms with Gasteiger partial charge in [0.15, 0.2) is 0 Å². The van der Waals surface area contributed by atoms with E-state index in [1.54, 1.807) is 36.8 Å². The van der Waals surface area contributed by atoms with Gasteiger partial charge in [0, 0.05) is 0 Å². The van der Waals surface area contributed by atoms with Gasteiger partial charge in [-0.3, -0.25) is 0 Å². The van der Waals surface area contributed by atoms with Crippen LogP contribution in [0.5, 0.6) is 0 Å². The maximum absolute atomic E-state index is 2.89. The van der Waals surface area contributed by atoms with Crippen LogP contribution in [0.2, 0.25) is 0 Å². The average molecular weight is 404 g/mol. The zero-order valence-electron chi connectivity index (χ0n) is 18.2. The fourth-order valence-corrected chi connectivity index (χ4v) is 14.9. The third kappa shape index (κ3) is 3.74. The first-order valence-electron chi connectivity index (χ1n) is 12.4. The van der Waals surface area contributed by atoms with Crippen molar-refractivity contribution in [3.63, 3.8) is 0 Å². The molecule has 0 amide bonds. The second-order valence-electron chi connectivity index (χ2n) is 10.4. The van der Waals surface area contributed by atoms with Crippen molar-refractivity contribution in [3.8, 4) is 0 Å². The fourth-order valence-electron chi connectivity index (χ4n) is 7.59. The summed E-state index contributed by atoms with van der Waals surface area (Å²) in [4.78, 5) is 0. The quantitative estimate of drug-likeness (QED) is 0.376. The van der Waals surface area contributed by atoms with Crippen molar-refractivity contribution in [2.45, 2.75) is 93.0 Å². The van der Waals surface area contributed by atoms with Gasteiger partial charge in [0.2, 0.25) is 0 Å². The van der Waals surface area contributed by atoms with E-state index in [-0.39, 0.29) is 0 Å². The molecule has 0 bridgehead atoms. The summed E-state index contributed by atoms with van der Waals surface area (Å²) in [6, 6.07) is 23.2. The summed E-state index contributed by atoms with van der Waals surface area (Å²) < 4.78 is 0. The first-order valence-corrected chi connectivity index (χ1v) is 15.1. The van der Waals surface area contributed by atoms with E-state index in [0.717, 1.165) is 28.8 Å². The van der Waals surface area contributed by atoms with E-state index >= 15 is 0 Å². The Morgan fingerprint density at radius 3 is 1.31 bits per heavy atom. The van der Waals surface area contributed by atoms with Gasteiger partial charge in [-0.05, 0) is 0 Å². The van der Waals surface area contributed by atoms with Gasteiger partial charge in [-0.25, -0.2) is 0 Å². The number of hydrogen-bond donors (Lipinski definition) is 0. The molecule has 154 valence electrons. The summed E-state index contributed by atoms with van der Waals surface area (Å²) in [5.74, 6) is 1.55. The van der Waals surface area contributed by atoms with Gasteiger partial charge in [-0.1, -0.05) is 0 Å². The molecule has 2 unspecified atom stereocenters. The minimum absolute atomic E-state index is 0.777. The van der Waals surface area contributed by atoms with E-state index in [4.69, 9.17) is 0 Å². The van der Waals surface area contributed by atoms with Crippen LogP contribution >= 0.6 is 7.14 Å². The van der Waals surface area contributed by atoms with Crippen LogP contribution < -0.4 is 0 Å². The van der Waals surface area contributed by atoms with Gasteiger partial charge in [0.05, 0.1) is 0 Å². The van der Waals surface area contributed by atoms with Crippen molar-refractivity contribution in [2.24, 2.45) is 0 Å². The Bertz CT molecular complexity index is 713. The summed E-state index contributed by atoms with van der Waals surface area (Å²) in [5.41, 5.74) is 6.35. The van der Waals surface area contributed by atoms with Gasteiger partial charge in [-0.2, -0.15) is 0 Å². The molecule has 0 spiro atoms. The molecule has 2 aromatic rings. The van der Waals surface area contributed by atoms with Gasteiger partial charge in [0.25, 0.3) is 0 Å². The van der Waals surface area contributed by atoms with Gasteiger partial charge < -0.3 is 0 Å². The molecule has 2 aromatic carbocycles. The van der Waals surface area contributed by atoms with Crippen molar-refractivity contribution < 1.29 is 0 Å². The van der Waals surface area contributed by atoms with Crippen molar-refractivity contribution in [2.75, 3.05) is 0 Å². The Hall–Kier alpha value is -1.07. The molecule has 3 aliphatic carbocycles. The van der Waals surface area contributed by atoms with E-state index in [1.807, 2.05) is 0 Å². The Morgan fingerprint density at radius 2 is 0.931 bits per heavy atom. The number of rotatable bonds is 5. The first kappa shape index (κ1) is 19.9. The molecule has 0 aromatic heterocycles. The van der Waals surface area contributed by atoms with Crippen LogP contribution in [-0.4, -0.2) is 24.5 Å². The summed E-state index contributed by atoms with van der Waals surface area (Å²) in [6.45, 7) is 0. The molecule has 0 radical (unpaired) electrons. The zero-order valence-corrected chi connectivity index (χ0v) is 19.2. The molecule has 0 heterocycles. The van der Waals surface area contributed by atoms with E-state index in [0.29, 0.717) is 0 Å². The molecule has 3 saturated carbocycles. The summed E-state index contributed by atoms with van der Waals surface area (Å²) >= 11 is 0. The molecule has 0 N–H and O–H groups in total. The average Bonchev–Trinajstić information content (AvgIpc) is 3.57. The molecule has 0 nitrogen and oxygen atoms in total. The number of benzene rings is 2. The third-order valence-corrected chi connectivity index (χ3v) is 15.9. The van der Waals surface area contributed by atoms with Crippen molar-refractivity contribution in [3.05, 3.63) is 71.8 Å². The topological polar surface area (TPSA) is 0 Å². The molecular formula is C27H38BP. The normalized spacial score (nSPS) is 29.4. The fraction of sp³-hybridized carbons (Fsp3) is 0.556. The van der Waals surface area contributed by atoms with Crippen LogP contribution in [0, 0.1) is 0 Å². The summed E-state index contributed by atoms with van der Waals surface area (Å²) in [6.07, 6.45) is 15.1. The molecule has 3 fully saturated rings.